The van der Waals surface area contributed by atoms with Crippen molar-refractivity contribution in [3.8, 4) is 0 Å². The lowest BCUT2D eigenvalue weighted by atomic mass is 9.99. The van der Waals surface area contributed by atoms with E-state index in [0.29, 0.717) is 0 Å². The highest BCUT2D eigenvalue weighted by atomic mass is 35.5. The molecule has 1 aromatic carbocycles. The fraction of sp³-hybridized carbons (Fsp3) is 0.571. The van der Waals surface area contributed by atoms with Crippen molar-refractivity contribution in [2.24, 2.45) is 0 Å². The van der Waals surface area contributed by atoms with Gasteiger partial charge >= 0.3 is 0 Å². The van der Waals surface area contributed by atoms with Gasteiger partial charge in [-0.25, -0.2) is 4.39 Å². The topological polar surface area (TPSA) is 21.3 Å². The van der Waals surface area contributed by atoms with Crippen LogP contribution in [0.5, 0.6) is 0 Å². The predicted octanol–water partition coefficient (Wildman–Crippen LogP) is 3.18. The largest absolute Gasteiger partial charge is 0.377 e. The smallest absolute Gasteiger partial charge is 0.141 e. The van der Waals surface area contributed by atoms with Crippen LogP contribution in [0.1, 0.15) is 25.3 Å². The quantitative estimate of drug-likeness (QED) is 0.888. The van der Waals surface area contributed by atoms with Crippen molar-refractivity contribution in [1.82, 2.24) is 5.32 Å². The number of likely N-dealkylation sites (N-methyl/N-ethyl adjacent to an activating group) is 1. The van der Waals surface area contributed by atoms with Gasteiger partial charge in [0, 0.05) is 12.6 Å². The number of ether oxygens (including phenoxy) is 1. The number of nitrogens with one attached hydrogen (secondary N) is 1. The van der Waals surface area contributed by atoms with Crippen LogP contribution in [0.3, 0.4) is 0 Å². The zero-order chi connectivity index (χ0) is 13.0. The SMILES string of the molecule is CCNC(Cc1ccc(F)c(Cl)c1)C1CCCO1. The van der Waals surface area contributed by atoms with Gasteiger partial charge in [-0.15, -0.1) is 0 Å². The van der Waals surface area contributed by atoms with E-state index in [1.54, 1.807) is 12.1 Å². The third-order valence-electron chi connectivity index (χ3n) is 3.32. The predicted molar refractivity (Wildman–Crippen MR) is 71.6 cm³/mol. The van der Waals surface area contributed by atoms with Crippen LogP contribution in [0.15, 0.2) is 18.2 Å². The number of hydrogen-bond acceptors (Lipinski definition) is 2. The summed E-state index contributed by atoms with van der Waals surface area (Å²) >= 11 is 5.81. The van der Waals surface area contributed by atoms with Crippen LogP contribution in [-0.2, 0) is 11.2 Å². The summed E-state index contributed by atoms with van der Waals surface area (Å²) in [6.07, 6.45) is 3.29. The Kier molecular flexibility index (Phi) is 4.98. The maximum absolute atomic E-state index is 13.1. The van der Waals surface area contributed by atoms with Gasteiger partial charge in [-0.2, -0.15) is 0 Å². The molecule has 1 fully saturated rings. The molecule has 2 nitrogen and oxygen atoms in total. The van der Waals surface area contributed by atoms with Gasteiger partial charge in [0.25, 0.3) is 0 Å². The summed E-state index contributed by atoms with van der Waals surface area (Å²) in [5.74, 6) is -0.363. The number of halogens is 2. The third kappa shape index (κ3) is 3.44. The van der Waals surface area contributed by atoms with Crippen LogP contribution >= 0.6 is 11.6 Å². The second-order valence-corrected chi connectivity index (χ2v) is 5.08. The number of benzene rings is 1. The molecule has 18 heavy (non-hydrogen) atoms. The van der Waals surface area contributed by atoms with Gasteiger partial charge in [-0.05, 0) is 43.5 Å². The van der Waals surface area contributed by atoms with Crippen molar-refractivity contribution in [2.45, 2.75) is 38.3 Å². The van der Waals surface area contributed by atoms with Gasteiger partial charge in [0.2, 0.25) is 0 Å². The fourth-order valence-electron chi connectivity index (χ4n) is 2.44. The number of rotatable bonds is 5. The molecule has 0 aromatic heterocycles. The molecule has 1 aromatic rings. The second-order valence-electron chi connectivity index (χ2n) is 4.67. The molecule has 100 valence electrons. The Morgan fingerprint density at radius 2 is 2.39 bits per heavy atom. The van der Waals surface area contributed by atoms with Crippen LogP contribution in [0.25, 0.3) is 0 Å². The normalized spacial score (nSPS) is 21.2. The first-order valence-corrected chi connectivity index (χ1v) is 6.87. The minimum atomic E-state index is -0.363. The second kappa shape index (κ2) is 6.50. The van der Waals surface area contributed by atoms with E-state index in [0.717, 1.165) is 38.0 Å². The minimum absolute atomic E-state index is 0.190. The lowest BCUT2D eigenvalue weighted by Crippen LogP contribution is -2.41. The van der Waals surface area contributed by atoms with Gasteiger partial charge in [-0.1, -0.05) is 24.6 Å². The molecule has 4 heteroatoms. The fourth-order valence-corrected chi connectivity index (χ4v) is 2.64. The standard InChI is InChI=1S/C14H19ClFNO/c1-2-17-13(14-4-3-7-18-14)9-10-5-6-12(16)11(15)8-10/h5-6,8,13-14,17H,2-4,7,9H2,1H3. The molecular weight excluding hydrogens is 253 g/mol. The van der Waals surface area contributed by atoms with E-state index in [-0.39, 0.29) is 23.0 Å². The van der Waals surface area contributed by atoms with E-state index in [9.17, 15) is 4.39 Å². The third-order valence-corrected chi connectivity index (χ3v) is 3.61. The first-order chi connectivity index (χ1) is 8.70. The van der Waals surface area contributed by atoms with Gasteiger partial charge in [-0.3, -0.25) is 0 Å². The maximum Gasteiger partial charge on any atom is 0.141 e. The summed E-state index contributed by atoms with van der Waals surface area (Å²) < 4.78 is 18.8. The Hall–Kier alpha value is -0.640. The molecule has 0 saturated carbocycles. The molecule has 0 bridgehead atoms. The van der Waals surface area contributed by atoms with E-state index < -0.39 is 0 Å². The molecule has 1 aliphatic rings. The van der Waals surface area contributed by atoms with Crippen LogP contribution in [0.2, 0.25) is 5.02 Å². The summed E-state index contributed by atoms with van der Waals surface area (Å²) in [6, 6.07) is 5.20. The molecule has 0 spiro atoms. The van der Waals surface area contributed by atoms with Crippen LogP contribution in [0.4, 0.5) is 4.39 Å². The van der Waals surface area contributed by atoms with E-state index in [1.165, 1.54) is 6.07 Å². The highest BCUT2D eigenvalue weighted by Crippen LogP contribution is 2.21. The van der Waals surface area contributed by atoms with Crippen molar-refractivity contribution >= 4 is 11.6 Å². The van der Waals surface area contributed by atoms with Crippen molar-refractivity contribution in [3.63, 3.8) is 0 Å². The first-order valence-electron chi connectivity index (χ1n) is 6.49. The molecule has 0 amide bonds. The zero-order valence-electron chi connectivity index (χ0n) is 10.6. The van der Waals surface area contributed by atoms with Crippen molar-refractivity contribution in [2.75, 3.05) is 13.2 Å². The lowest BCUT2D eigenvalue weighted by Gasteiger charge is -2.24. The molecule has 1 aliphatic heterocycles. The highest BCUT2D eigenvalue weighted by Gasteiger charge is 2.25. The first kappa shape index (κ1) is 13.8. The molecule has 1 heterocycles. The summed E-state index contributed by atoms with van der Waals surface area (Å²) in [5.41, 5.74) is 1.04. The van der Waals surface area contributed by atoms with Gasteiger partial charge < -0.3 is 10.1 Å². The molecule has 2 unspecified atom stereocenters. The Morgan fingerprint density at radius 1 is 1.56 bits per heavy atom. The van der Waals surface area contributed by atoms with E-state index in [4.69, 9.17) is 16.3 Å². The van der Waals surface area contributed by atoms with Gasteiger partial charge in [0.05, 0.1) is 11.1 Å². The van der Waals surface area contributed by atoms with Crippen LogP contribution < -0.4 is 5.32 Å². The van der Waals surface area contributed by atoms with Crippen molar-refractivity contribution < 1.29 is 9.13 Å². The molecule has 1 N–H and O–H groups in total. The highest BCUT2D eigenvalue weighted by molar-refractivity contribution is 6.30. The summed E-state index contributed by atoms with van der Waals surface area (Å²) in [6.45, 7) is 3.83. The Balaban J connectivity index is 2.04. The van der Waals surface area contributed by atoms with Crippen molar-refractivity contribution in [3.05, 3.63) is 34.6 Å². The average molecular weight is 272 g/mol. The van der Waals surface area contributed by atoms with Gasteiger partial charge in [0.1, 0.15) is 5.82 Å². The van der Waals surface area contributed by atoms with Crippen molar-refractivity contribution in [1.29, 1.82) is 0 Å². The Labute approximate surface area is 112 Å². The monoisotopic (exact) mass is 271 g/mol. The van der Waals surface area contributed by atoms with E-state index in [2.05, 4.69) is 12.2 Å². The summed E-state index contributed by atoms with van der Waals surface area (Å²) in [5, 5.41) is 3.64. The summed E-state index contributed by atoms with van der Waals surface area (Å²) in [4.78, 5) is 0. The molecular formula is C14H19ClFNO. The molecule has 0 aliphatic carbocycles. The molecule has 1 saturated heterocycles. The molecule has 2 atom stereocenters. The van der Waals surface area contributed by atoms with E-state index in [1.807, 2.05) is 0 Å². The molecule has 0 radical (unpaired) electrons. The Morgan fingerprint density at radius 3 is 3.00 bits per heavy atom. The molecule has 2 rings (SSSR count). The van der Waals surface area contributed by atoms with Crippen LogP contribution in [-0.4, -0.2) is 25.3 Å². The summed E-state index contributed by atoms with van der Waals surface area (Å²) in [7, 11) is 0. The Bertz CT molecular complexity index is 393. The number of hydrogen-bond donors (Lipinski definition) is 1. The van der Waals surface area contributed by atoms with Crippen LogP contribution in [0, 0.1) is 5.82 Å². The minimum Gasteiger partial charge on any atom is -0.377 e. The average Bonchev–Trinajstić information content (AvgIpc) is 2.87. The zero-order valence-corrected chi connectivity index (χ0v) is 11.3. The van der Waals surface area contributed by atoms with E-state index >= 15 is 0 Å². The van der Waals surface area contributed by atoms with Gasteiger partial charge in [0.15, 0.2) is 0 Å². The lowest BCUT2D eigenvalue weighted by molar-refractivity contribution is 0.0789. The maximum atomic E-state index is 13.1.